The molecule has 0 atom stereocenters. The molecule has 1 amide bonds. The van der Waals surface area contributed by atoms with Crippen molar-refractivity contribution in [1.82, 2.24) is 14.8 Å². The summed E-state index contributed by atoms with van der Waals surface area (Å²) in [5.74, 6) is -0.184. The lowest BCUT2D eigenvalue weighted by atomic mass is 9.95. The molecular weight excluding hydrogens is 473 g/mol. The summed E-state index contributed by atoms with van der Waals surface area (Å²) in [6, 6.07) is 16.0. The number of piperidine rings is 1. The molecule has 0 bridgehead atoms. The van der Waals surface area contributed by atoms with Crippen LogP contribution in [-0.4, -0.2) is 40.1 Å². The Balaban J connectivity index is 1.64. The van der Waals surface area contributed by atoms with Crippen LogP contribution in [-0.2, 0) is 11.8 Å². The van der Waals surface area contributed by atoms with Gasteiger partial charge in [0.15, 0.2) is 0 Å². The SMILES string of the molecule is Cn1ncc2cc(-c3cc(C#N)c(N4CCC(OC(N)=O)CC4)nc3-c3ccc(C#N)c(F)c3)ccc21. The van der Waals surface area contributed by atoms with Gasteiger partial charge < -0.3 is 15.4 Å². The third-order valence-electron chi connectivity index (χ3n) is 6.57. The summed E-state index contributed by atoms with van der Waals surface area (Å²) in [6.07, 6.45) is 1.72. The molecule has 0 radical (unpaired) electrons. The zero-order valence-corrected chi connectivity index (χ0v) is 20.0. The van der Waals surface area contributed by atoms with E-state index in [0.717, 1.165) is 16.5 Å². The Morgan fingerprint density at radius 3 is 2.49 bits per heavy atom. The van der Waals surface area contributed by atoms with Crippen LogP contribution in [0.15, 0.2) is 48.7 Å². The lowest BCUT2D eigenvalue weighted by molar-refractivity contribution is 0.0911. The number of anilines is 1. The van der Waals surface area contributed by atoms with Crippen LogP contribution >= 0.6 is 0 Å². The predicted molar refractivity (Wildman–Crippen MR) is 135 cm³/mol. The lowest BCUT2D eigenvalue weighted by Gasteiger charge is -2.33. The number of benzene rings is 2. The first-order chi connectivity index (χ1) is 17.9. The summed E-state index contributed by atoms with van der Waals surface area (Å²) < 4.78 is 21.5. The molecule has 4 aromatic rings. The number of nitriles is 2. The number of primary amides is 1. The number of pyridine rings is 1. The number of fused-ring (bicyclic) bond motifs is 1. The van der Waals surface area contributed by atoms with Gasteiger partial charge in [0, 0.05) is 49.5 Å². The number of amides is 1. The molecule has 9 nitrogen and oxygen atoms in total. The van der Waals surface area contributed by atoms with Crippen molar-refractivity contribution in [1.29, 1.82) is 10.5 Å². The minimum atomic E-state index is -0.811. The van der Waals surface area contributed by atoms with E-state index in [4.69, 9.17) is 15.5 Å². The van der Waals surface area contributed by atoms with Gasteiger partial charge in [0.1, 0.15) is 29.9 Å². The zero-order valence-electron chi connectivity index (χ0n) is 20.0. The second-order valence-corrected chi connectivity index (χ2v) is 8.84. The maximum Gasteiger partial charge on any atom is 0.404 e. The first-order valence-corrected chi connectivity index (χ1v) is 11.7. The Morgan fingerprint density at radius 2 is 1.81 bits per heavy atom. The van der Waals surface area contributed by atoms with E-state index in [2.05, 4.69) is 11.2 Å². The largest absolute Gasteiger partial charge is 0.446 e. The Bertz CT molecular complexity index is 1610. The molecule has 3 heterocycles. The van der Waals surface area contributed by atoms with E-state index in [1.807, 2.05) is 36.2 Å². The number of aromatic nitrogens is 3. The molecule has 1 fully saturated rings. The Hall–Kier alpha value is -4.96. The molecule has 5 rings (SSSR count). The number of carbonyl (C=O) groups excluding carboxylic acids is 1. The third-order valence-corrected chi connectivity index (χ3v) is 6.57. The second-order valence-electron chi connectivity index (χ2n) is 8.84. The van der Waals surface area contributed by atoms with E-state index in [0.29, 0.717) is 54.1 Å². The molecule has 184 valence electrons. The fourth-order valence-electron chi connectivity index (χ4n) is 4.70. The Morgan fingerprint density at radius 1 is 1.08 bits per heavy atom. The lowest BCUT2D eigenvalue weighted by Crippen LogP contribution is -2.39. The topological polar surface area (TPSA) is 134 Å². The minimum absolute atomic E-state index is 0.0625. The summed E-state index contributed by atoms with van der Waals surface area (Å²) in [5, 5.41) is 24.4. The van der Waals surface area contributed by atoms with Gasteiger partial charge in [-0.3, -0.25) is 4.68 Å². The number of nitrogens with zero attached hydrogens (tertiary/aromatic N) is 6. The van der Waals surface area contributed by atoms with Gasteiger partial charge in [0.05, 0.1) is 28.5 Å². The number of ether oxygens (including phenoxy) is 1. The molecule has 0 aliphatic carbocycles. The zero-order chi connectivity index (χ0) is 26.1. The summed E-state index contributed by atoms with van der Waals surface area (Å²) >= 11 is 0. The van der Waals surface area contributed by atoms with E-state index in [1.165, 1.54) is 12.1 Å². The molecule has 10 heteroatoms. The summed E-state index contributed by atoms with van der Waals surface area (Å²) in [5.41, 5.74) is 8.82. The van der Waals surface area contributed by atoms with Crippen LogP contribution in [0.1, 0.15) is 24.0 Å². The Kier molecular flexibility index (Phi) is 6.16. The highest BCUT2D eigenvalue weighted by Gasteiger charge is 2.26. The van der Waals surface area contributed by atoms with Crippen molar-refractivity contribution in [3.05, 3.63) is 65.6 Å². The van der Waals surface area contributed by atoms with Gasteiger partial charge in [-0.15, -0.1) is 0 Å². The fraction of sp³-hybridized carbons (Fsp3) is 0.222. The highest BCUT2D eigenvalue weighted by molar-refractivity contribution is 5.90. The normalized spacial score (nSPS) is 13.8. The van der Waals surface area contributed by atoms with Gasteiger partial charge in [-0.2, -0.15) is 15.6 Å². The van der Waals surface area contributed by atoms with Crippen LogP contribution in [0, 0.1) is 28.5 Å². The van der Waals surface area contributed by atoms with Crippen molar-refractivity contribution < 1.29 is 13.9 Å². The Labute approximate surface area is 212 Å². The molecule has 0 unspecified atom stereocenters. The molecule has 2 aromatic carbocycles. The molecule has 1 saturated heterocycles. The number of halogens is 1. The van der Waals surface area contributed by atoms with Crippen LogP contribution in [0.4, 0.5) is 15.0 Å². The summed E-state index contributed by atoms with van der Waals surface area (Å²) in [6.45, 7) is 1.00. The molecule has 0 saturated carbocycles. The van der Waals surface area contributed by atoms with E-state index in [1.54, 1.807) is 23.0 Å². The number of aryl methyl sites for hydroxylation is 1. The van der Waals surface area contributed by atoms with Gasteiger partial charge in [-0.25, -0.2) is 14.2 Å². The van der Waals surface area contributed by atoms with Gasteiger partial charge in [-0.1, -0.05) is 12.1 Å². The average Bonchev–Trinajstić information content (AvgIpc) is 3.28. The maximum atomic E-state index is 14.7. The molecule has 2 N–H and O–H groups in total. The first-order valence-electron chi connectivity index (χ1n) is 11.7. The van der Waals surface area contributed by atoms with Crippen LogP contribution < -0.4 is 10.6 Å². The van der Waals surface area contributed by atoms with Crippen molar-refractivity contribution >= 4 is 22.8 Å². The van der Waals surface area contributed by atoms with Crippen LogP contribution in [0.3, 0.4) is 0 Å². The van der Waals surface area contributed by atoms with Gasteiger partial charge in [-0.05, 0) is 35.9 Å². The predicted octanol–water partition coefficient (Wildman–Crippen LogP) is 4.25. The van der Waals surface area contributed by atoms with Crippen molar-refractivity contribution in [2.75, 3.05) is 18.0 Å². The van der Waals surface area contributed by atoms with Gasteiger partial charge in [0.2, 0.25) is 0 Å². The molecular formula is C27H22FN7O2. The van der Waals surface area contributed by atoms with Crippen molar-refractivity contribution in [3.63, 3.8) is 0 Å². The quantitative estimate of drug-likeness (QED) is 0.447. The highest BCUT2D eigenvalue weighted by Crippen LogP contribution is 2.37. The standard InChI is InChI=1S/C27H22FN7O2/c1-34-24-5-4-16(10-20(24)15-32-34)22-11-19(14-30)26(35-8-6-21(7-9-35)37-27(31)36)33-25(22)17-2-3-18(13-29)23(28)12-17/h2-5,10-12,15,21H,6-9H2,1H3,(H2,31,36). The highest BCUT2D eigenvalue weighted by atomic mass is 19.1. The third kappa shape index (κ3) is 4.53. The van der Waals surface area contributed by atoms with Crippen molar-refractivity contribution in [3.8, 4) is 34.5 Å². The van der Waals surface area contributed by atoms with Gasteiger partial charge >= 0.3 is 6.09 Å². The molecule has 37 heavy (non-hydrogen) atoms. The van der Waals surface area contributed by atoms with Crippen molar-refractivity contribution in [2.45, 2.75) is 18.9 Å². The van der Waals surface area contributed by atoms with E-state index in [-0.39, 0.29) is 11.7 Å². The summed E-state index contributed by atoms with van der Waals surface area (Å²) in [7, 11) is 1.86. The monoisotopic (exact) mass is 495 g/mol. The number of hydrogen-bond acceptors (Lipinski definition) is 7. The van der Waals surface area contributed by atoms with E-state index in [9.17, 15) is 19.7 Å². The molecule has 1 aliphatic rings. The van der Waals surface area contributed by atoms with Crippen LogP contribution in [0.25, 0.3) is 33.3 Å². The second kappa shape index (κ2) is 9.59. The van der Waals surface area contributed by atoms with Crippen LogP contribution in [0.5, 0.6) is 0 Å². The number of carbonyl (C=O) groups is 1. The summed E-state index contributed by atoms with van der Waals surface area (Å²) in [4.78, 5) is 18.0. The van der Waals surface area contributed by atoms with Crippen molar-refractivity contribution in [2.24, 2.45) is 12.8 Å². The van der Waals surface area contributed by atoms with E-state index < -0.39 is 11.9 Å². The van der Waals surface area contributed by atoms with Crippen LogP contribution in [0.2, 0.25) is 0 Å². The molecule has 2 aromatic heterocycles. The smallest absolute Gasteiger partial charge is 0.404 e. The molecule has 1 aliphatic heterocycles. The molecule has 0 spiro atoms. The number of nitrogens with two attached hydrogens (primary N) is 1. The van der Waals surface area contributed by atoms with Gasteiger partial charge in [0.25, 0.3) is 0 Å². The fourth-order valence-corrected chi connectivity index (χ4v) is 4.70. The first kappa shape index (κ1) is 23.8. The number of hydrogen-bond donors (Lipinski definition) is 1. The minimum Gasteiger partial charge on any atom is -0.446 e. The average molecular weight is 496 g/mol. The maximum absolute atomic E-state index is 14.7. The number of rotatable bonds is 4. The van der Waals surface area contributed by atoms with E-state index >= 15 is 0 Å².